The van der Waals surface area contributed by atoms with Gasteiger partial charge in [-0.25, -0.2) is 0 Å². The maximum absolute atomic E-state index is 10.6. The Morgan fingerprint density at radius 1 is 1.61 bits per heavy atom. The zero-order valence-electron chi connectivity index (χ0n) is 10.5. The third-order valence-corrected chi connectivity index (χ3v) is 4.42. The van der Waals surface area contributed by atoms with Crippen molar-refractivity contribution in [3.8, 4) is 5.75 Å². The predicted octanol–water partition coefficient (Wildman–Crippen LogP) is 2.47. The van der Waals surface area contributed by atoms with Gasteiger partial charge in [-0.15, -0.1) is 11.8 Å². The number of hydrogen-bond acceptors (Lipinski definition) is 4. The fraction of sp³-hybridized carbons (Fsp3) is 0.462. The first-order chi connectivity index (χ1) is 8.61. The SMILES string of the molecule is COc1ccc2c(c1)N(C)C(CCC(=O)O)CS2. The van der Waals surface area contributed by atoms with E-state index in [1.807, 2.05) is 19.2 Å². The first-order valence-corrected chi connectivity index (χ1v) is 6.86. The van der Waals surface area contributed by atoms with Crippen molar-refractivity contribution in [2.45, 2.75) is 23.8 Å². The maximum Gasteiger partial charge on any atom is 0.303 e. The van der Waals surface area contributed by atoms with Gasteiger partial charge in [-0.2, -0.15) is 0 Å². The third kappa shape index (κ3) is 2.72. The molecule has 1 aliphatic rings. The number of carbonyl (C=O) groups is 1. The van der Waals surface area contributed by atoms with Crippen molar-refractivity contribution in [2.75, 3.05) is 24.8 Å². The van der Waals surface area contributed by atoms with E-state index in [0.717, 1.165) is 17.2 Å². The summed E-state index contributed by atoms with van der Waals surface area (Å²) in [5, 5.41) is 8.76. The Balaban J connectivity index is 2.15. The van der Waals surface area contributed by atoms with Crippen molar-refractivity contribution in [1.82, 2.24) is 0 Å². The molecule has 0 aliphatic carbocycles. The Morgan fingerprint density at radius 3 is 3.06 bits per heavy atom. The van der Waals surface area contributed by atoms with Gasteiger partial charge in [0.05, 0.1) is 12.8 Å². The van der Waals surface area contributed by atoms with Crippen LogP contribution in [0, 0.1) is 0 Å². The lowest BCUT2D eigenvalue weighted by Crippen LogP contribution is -2.37. The van der Waals surface area contributed by atoms with Gasteiger partial charge in [0.2, 0.25) is 0 Å². The number of anilines is 1. The van der Waals surface area contributed by atoms with Crippen LogP contribution in [-0.2, 0) is 4.79 Å². The molecule has 98 valence electrons. The van der Waals surface area contributed by atoms with Crippen molar-refractivity contribution in [2.24, 2.45) is 0 Å². The van der Waals surface area contributed by atoms with Crippen molar-refractivity contribution < 1.29 is 14.6 Å². The maximum atomic E-state index is 10.6. The van der Waals surface area contributed by atoms with Crippen LogP contribution in [0.2, 0.25) is 0 Å². The monoisotopic (exact) mass is 267 g/mol. The zero-order valence-corrected chi connectivity index (χ0v) is 11.4. The molecule has 0 amide bonds. The average Bonchev–Trinajstić information content (AvgIpc) is 2.37. The predicted molar refractivity (Wildman–Crippen MR) is 72.8 cm³/mol. The molecule has 1 heterocycles. The first-order valence-electron chi connectivity index (χ1n) is 5.87. The number of carboxylic acids is 1. The molecule has 0 spiro atoms. The number of benzene rings is 1. The first kappa shape index (κ1) is 13.1. The molecule has 1 unspecified atom stereocenters. The lowest BCUT2D eigenvalue weighted by molar-refractivity contribution is -0.137. The molecule has 2 rings (SSSR count). The Bertz CT molecular complexity index is 450. The highest BCUT2D eigenvalue weighted by Crippen LogP contribution is 2.39. The molecule has 0 saturated heterocycles. The quantitative estimate of drug-likeness (QED) is 0.908. The molecule has 1 aliphatic heterocycles. The van der Waals surface area contributed by atoms with E-state index in [0.29, 0.717) is 6.42 Å². The number of carboxylic acid groups (broad SMARTS) is 1. The number of hydrogen-bond donors (Lipinski definition) is 1. The van der Waals surface area contributed by atoms with Gasteiger partial charge >= 0.3 is 5.97 Å². The van der Waals surface area contributed by atoms with Crippen molar-refractivity contribution >= 4 is 23.4 Å². The summed E-state index contributed by atoms with van der Waals surface area (Å²) in [5.41, 5.74) is 1.13. The van der Waals surface area contributed by atoms with Crippen molar-refractivity contribution in [3.63, 3.8) is 0 Å². The minimum atomic E-state index is -0.732. The molecule has 1 atom stereocenters. The molecule has 1 aromatic carbocycles. The highest BCUT2D eigenvalue weighted by Gasteiger charge is 2.24. The molecule has 0 saturated carbocycles. The summed E-state index contributed by atoms with van der Waals surface area (Å²) in [6.07, 6.45) is 0.893. The third-order valence-electron chi connectivity index (χ3n) is 3.22. The van der Waals surface area contributed by atoms with Crippen LogP contribution >= 0.6 is 11.8 Å². The van der Waals surface area contributed by atoms with Crippen LogP contribution in [0.25, 0.3) is 0 Å². The van der Waals surface area contributed by atoms with Crippen LogP contribution in [-0.4, -0.2) is 37.0 Å². The summed E-state index contributed by atoms with van der Waals surface area (Å²) in [6.45, 7) is 0. The molecule has 0 bridgehead atoms. The van der Waals surface area contributed by atoms with Gasteiger partial charge < -0.3 is 14.7 Å². The van der Waals surface area contributed by atoms with E-state index in [4.69, 9.17) is 9.84 Å². The lowest BCUT2D eigenvalue weighted by atomic mass is 10.1. The van der Waals surface area contributed by atoms with Gasteiger partial charge in [-0.1, -0.05) is 0 Å². The van der Waals surface area contributed by atoms with Gasteiger partial charge in [-0.05, 0) is 18.6 Å². The Kier molecular flexibility index (Phi) is 4.01. The van der Waals surface area contributed by atoms with Crippen molar-refractivity contribution in [1.29, 1.82) is 0 Å². The van der Waals surface area contributed by atoms with Crippen LogP contribution in [0.15, 0.2) is 23.1 Å². The van der Waals surface area contributed by atoms with E-state index in [2.05, 4.69) is 11.0 Å². The molecular formula is C13H17NO3S. The van der Waals surface area contributed by atoms with Crippen LogP contribution in [0.1, 0.15) is 12.8 Å². The fourth-order valence-corrected chi connectivity index (χ4v) is 3.36. The Hall–Kier alpha value is -1.36. The second kappa shape index (κ2) is 5.52. The molecule has 1 aromatic rings. The molecule has 0 radical (unpaired) electrons. The van der Waals surface area contributed by atoms with Crippen LogP contribution in [0.5, 0.6) is 5.75 Å². The van der Waals surface area contributed by atoms with Gasteiger partial charge in [0.1, 0.15) is 5.75 Å². The normalized spacial score (nSPS) is 18.3. The highest BCUT2D eigenvalue weighted by molar-refractivity contribution is 7.99. The smallest absolute Gasteiger partial charge is 0.303 e. The summed E-state index contributed by atoms with van der Waals surface area (Å²) >= 11 is 1.78. The fourth-order valence-electron chi connectivity index (χ4n) is 2.08. The minimum Gasteiger partial charge on any atom is -0.497 e. The number of aliphatic carboxylic acids is 1. The highest BCUT2D eigenvalue weighted by atomic mass is 32.2. The summed E-state index contributed by atoms with van der Waals surface area (Å²) in [4.78, 5) is 14.0. The van der Waals surface area contributed by atoms with Crippen LogP contribution in [0.3, 0.4) is 0 Å². The number of ether oxygens (including phenoxy) is 1. The van der Waals surface area contributed by atoms with Crippen molar-refractivity contribution in [3.05, 3.63) is 18.2 Å². The van der Waals surface area contributed by atoms with Gasteiger partial charge in [-0.3, -0.25) is 4.79 Å². The van der Waals surface area contributed by atoms with Gasteiger partial charge in [0.25, 0.3) is 0 Å². The lowest BCUT2D eigenvalue weighted by Gasteiger charge is -2.35. The standard InChI is InChI=1S/C13H17NO3S/c1-14-9(3-6-13(15)16)8-18-12-5-4-10(17-2)7-11(12)14/h4-5,7,9H,3,6,8H2,1-2H3,(H,15,16). The topological polar surface area (TPSA) is 49.8 Å². The molecule has 18 heavy (non-hydrogen) atoms. The van der Waals surface area contributed by atoms with E-state index in [1.54, 1.807) is 18.9 Å². The van der Waals surface area contributed by atoms with E-state index in [-0.39, 0.29) is 12.5 Å². The largest absolute Gasteiger partial charge is 0.497 e. The zero-order chi connectivity index (χ0) is 13.1. The number of nitrogens with zero attached hydrogens (tertiary/aromatic N) is 1. The minimum absolute atomic E-state index is 0.217. The van der Waals surface area contributed by atoms with Gasteiger partial charge in [0, 0.05) is 36.2 Å². The number of thioether (sulfide) groups is 1. The second-order valence-corrected chi connectivity index (χ2v) is 5.40. The van der Waals surface area contributed by atoms with Gasteiger partial charge in [0.15, 0.2) is 0 Å². The van der Waals surface area contributed by atoms with E-state index in [1.165, 1.54) is 4.90 Å². The van der Waals surface area contributed by atoms with E-state index >= 15 is 0 Å². The Labute approximate surface area is 111 Å². The second-order valence-electron chi connectivity index (χ2n) is 4.34. The Morgan fingerprint density at radius 2 is 2.39 bits per heavy atom. The number of fused-ring (bicyclic) bond motifs is 1. The molecule has 4 nitrogen and oxygen atoms in total. The molecule has 0 aromatic heterocycles. The van der Waals surface area contributed by atoms with E-state index in [9.17, 15) is 4.79 Å². The number of rotatable bonds is 4. The summed E-state index contributed by atoms with van der Waals surface area (Å²) in [6, 6.07) is 6.29. The molecular weight excluding hydrogens is 250 g/mol. The van der Waals surface area contributed by atoms with Crippen LogP contribution in [0.4, 0.5) is 5.69 Å². The molecule has 5 heteroatoms. The molecule has 1 N–H and O–H groups in total. The van der Waals surface area contributed by atoms with Crippen LogP contribution < -0.4 is 9.64 Å². The summed E-state index contributed by atoms with van der Waals surface area (Å²) in [5.74, 6) is 1.04. The van der Waals surface area contributed by atoms with E-state index < -0.39 is 5.97 Å². The summed E-state index contributed by atoms with van der Waals surface area (Å²) < 4.78 is 5.23. The number of methoxy groups -OCH3 is 1. The summed E-state index contributed by atoms with van der Waals surface area (Å²) in [7, 11) is 3.67. The molecule has 0 fully saturated rings. The average molecular weight is 267 g/mol.